The highest BCUT2D eigenvalue weighted by atomic mass is 32.2. The number of thioether (sulfide) groups is 1. The standard InChI is InChI=1S/C15H30N2OS/c1-4-6-16-15-5-7-18-11-14(15)10-17-8-12(2)19-13(3)9-17/h12-16H,4-11H2,1-3H3. The van der Waals surface area contributed by atoms with E-state index >= 15 is 0 Å². The van der Waals surface area contributed by atoms with Crippen LogP contribution in [0.15, 0.2) is 0 Å². The second-order valence-electron chi connectivity index (χ2n) is 6.16. The van der Waals surface area contributed by atoms with Crippen molar-refractivity contribution in [2.24, 2.45) is 5.92 Å². The van der Waals surface area contributed by atoms with E-state index in [2.05, 4.69) is 42.7 Å². The molecule has 2 aliphatic rings. The van der Waals surface area contributed by atoms with E-state index in [9.17, 15) is 0 Å². The lowest BCUT2D eigenvalue weighted by Crippen LogP contribution is -2.50. The predicted octanol–water partition coefficient (Wildman–Crippen LogP) is 2.22. The van der Waals surface area contributed by atoms with Gasteiger partial charge in [0.15, 0.2) is 0 Å². The van der Waals surface area contributed by atoms with Crippen LogP contribution in [0.2, 0.25) is 0 Å². The molecule has 0 aromatic rings. The minimum Gasteiger partial charge on any atom is -0.381 e. The molecule has 0 aromatic carbocycles. The second kappa shape index (κ2) is 7.87. The smallest absolute Gasteiger partial charge is 0.0521 e. The third-order valence-corrected chi connectivity index (χ3v) is 5.35. The van der Waals surface area contributed by atoms with Crippen LogP contribution in [-0.4, -0.2) is 60.8 Å². The van der Waals surface area contributed by atoms with Gasteiger partial charge in [0.1, 0.15) is 0 Å². The fourth-order valence-electron chi connectivity index (χ4n) is 3.34. The van der Waals surface area contributed by atoms with Gasteiger partial charge in [0, 0.05) is 48.7 Å². The first-order chi connectivity index (χ1) is 9.19. The van der Waals surface area contributed by atoms with Gasteiger partial charge < -0.3 is 15.0 Å². The van der Waals surface area contributed by atoms with Crippen molar-refractivity contribution < 1.29 is 4.74 Å². The van der Waals surface area contributed by atoms with E-state index in [1.807, 2.05) is 0 Å². The van der Waals surface area contributed by atoms with Gasteiger partial charge in [0.2, 0.25) is 0 Å². The van der Waals surface area contributed by atoms with Crippen molar-refractivity contribution in [2.75, 3.05) is 39.4 Å². The van der Waals surface area contributed by atoms with E-state index in [-0.39, 0.29) is 0 Å². The van der Waals surface area contributed by atoms with E-state index in [1.165, 1.54) is 32.5 Å². The number of rotatable bonds is 5. The quantitative estimate of drug-likeness (QED) is 0.837. The van der Waals surface area contributed by atoms with Crippen molar-refractivity contribution >= 4 is 11.8 Å². The molecule has 4 atom stereocenters. The molecular weight excluding hydrogens is 256 g/mol. The van der Waals surface area contributed by atoms with Gasteiger partial charge in [-0.2, -0.15) is 11.8 Å². The van der Waals surface area contributed by atoms with E-state index in [0.717, 1.165) is 30.3 Å². The van der Waals surface area contributed by atoms with Gasteiger partial charge in [-0.05, 0) is 19.4 Å². The van der Waals surface area contributed by atoms with Gasteiger partial charge in [-0.1, -0.05) is 20.8 Å². The van der Waals surface area contributed by atoms with Crippen molar-refractivity contribution in [2.45, 2.75) is 50.2 Å². The van der Waals surface area contributed by atoms with Crippen LogP contribution in [0.1, 0.15) is 33.6 Å². The topological polar surface area (TPSA) is 24.5 Å². The molecule has 0 aliphatic carbocycles. The Morgan fingerprint density at radius 1 is 1.26 bits per heavy atom. The van der Waals surface area contributed by atoms with E-state index in [1.54, 1.807) is 0 Å². The van der Waals surface area contributed by atoms with Crippen molar-refractivity contribution in [1.29, 1.82) is 0 Å². The normalized spacial score (nSPS) is 37.4. The average molecular weight is 286 g/mol. The summed E-state index contributed by atoms with van der Waals surface area (Å²) >= 11 is 2.13. The number of hydrogen-bond donors (Lipinski definition) is 1. The maximum Gasteiger partial charge on any atom is 0.0521 e. The Morgan fingerprint density at radius 3 is 2.68 bits per heavy atom. The molecular formula is C15H30N2OS. The third kappa shape index (κ3) is 4.92. The van der Waals surface area contributed by atoms with Crippen LogP contribution in [0, 0.1) is 5.92 Å². The molecule has 0 amide bonds. The zero-order valence-electron chi connectivity index (χ0n) is 12.7. The van der Waals surface area contributed by atoms with Crippen LogP contribution in [0.25, 0.3) is 0 Å². The number of nitrogens with zero attached hydrogens (tertiary/aromatic N) is 1. The monoisotopic (exact) mass is 286 g/mol. The Hall–Kier alpha value is 0.230. The summed E-state index contributed by atoms with van der Waals surface area (Å²) in [5.74, 6) is 0.669. The van der Waals surface area contributed by atoms with Gasteiger partial charge in [-0.15, -0.1) is 0 Å². The minimum absolute atomic E-state index is 0.661. The van der Waals surface area contributed by atoms with Gasteiger partial charge in [0.05, 0.1) is 6.61 Å². The zero-order valence-corrected chi connectivity index (χ0v) is 13.5. The Kier molecular flexibility index (Phi) is 6.46. The predicted molar refractivity (Wildman–Crippen MR) is 84.0 cm³/mol. The van der Waals surface area contributed by atoms with Gasteiger partial charge in [0.25, 0.3) is 0 Å². The molecule has 2 saturated heterocycles. The average Bonchev–Trinajstić information content (AvgIpc) is 2.36. The SMILES string of the molecule is CCCNC1CCOCC1CN1CC(C)SC(C)C1. The van der Waals surface area contributed by atoms with E-state index in [0.29, 0.717) is 12.0 Å². The summed E-state index contributed by atoms with van der Waals surface area (Å²) in [7, 11) is 0. The molecule has 2 heterocycles. The Bertz CT molecular complexity index is 255. The lowest BCUT2D eigenvalue weighted by atomic mass is 9.94. The maximum atomic E-state index is 5.72. The molecule has 4 heteroatoms. The lowest BCUT2D eigenvalue weighted by molar-refractivity contribution is 0.0164. The van der Waals surface area contributed by atoms with Crippen LogP contribution in [0.3, 0.4) is 0 Å². The Morgan fingerprint density at radius 2 is 2.00 bits per heavy atom. The molecule has 4 unspecified atom stereocenters. The third-order valence-electron chi connectivity index (χ3n) is 4.12. The zero-order chi connectivity index (χ0) is 13.7. The molecule has 19 heavy (non-hydrogen) atoms. The van der Waals surface area contributed by atoms with Crippen LogP contribution >= 0.6 is 11.8 Å². The van der Waals surface area contributed by atoms with E-state index in [4.69, 9.17) is 4.74 Å². The highest BCUT2D eigenvalue weighted by Crippen LogP contribution is 2.26. The van der Waals surface area contributed by atoms with Crippen LogP contribution in [0.4, 0.5) is 0 Å². The Balaban J connectivity index is 1.84. The molecule has 0 bridgehead atoms. The summed E-state index contributed by atoms with van der Waals surface area (Å²) in [6.07, 6.45) is 2.40. The van der Waals surface area contributed by atoms with Crippen molar-refractivity contribution in [3.8, 4) is 0 Å². The molecule has 0 radical (unpaired) electrons. The van der Waals surface area contributed by atoms with Gasteiger partial charge in [-0.3, -0.25) is 0 Å². The first-order valence-electron chi connectivity index (χ1n) is 7.88. The van der Waals surface area contributed by atoms with Crippen LogP contribution < -0.4 is 5.32 Å². The first kappa shape index (κ1) is 15.6. The molecule has 3 nitrogen and oxygen atoms in total. The highest BCUT2D eigenvalue weighted by Gasteiger charge is 2.30. The Labute approximate surface area is 122 Å². The van der Waals surface area contributed by atoms with Gasteiger partial charge >= 0.3 is 0 Å². The molecule has 112 valence electrons. The number of nitrogens with one attached hydrogen (secondary N) is 1. The summed E-state index contributed by atoms with van der Waals surface area (Å²) < 4.78 is 5.72. The summed E-state index contributed by atoms with van der Waals surface area (Å²) in [5.41, 5.74) is 0. The van der Waals surface area contributed by atoms with Crippen LogP contribution in [0.5, 0.6) is 0 Å². The summed E-state index contributed by atoms with van der Waals surface area (Å²) in [5, 5.41) is 5.27. The van der Waals surface area contributed by atoms with Crippen molar-refractivity contribution in [3.63, 3.8) is 0 Å². The highest BCUT2D eigenvalue weighted by molar-refractivity contribution is 8.00. The molecule has 2 rings (SSSR count). The molecule has 0 spiro atoms. The van der Waals surface area contributed by atoms with Gasteiger partial charge in [-0.25, -0.2) is 0 Å². The number of ether oxygens (including phenoxy) is 1. The van der Waals surface area contributed by atoms with Crippen molar-refractivity contribution in [3.05, 3.63) is 0 Å². The van der Waals surface area contributed by atoms with Crippen molar-refractivity contribution in [1.82, 2.24) is 10.2 Å². The number of hydrogen-bond acceptors (Lipinski definition) is 4. The first-order valence-corrected chi connectivity index (χ1v) is 8.82. The van der Waals surface area contributed by atoms with Crippen LogP contribution in [-0.2, 0) is 4.74 Å². The molecule has 2 fully saturated rings. The molecule has 1 N–H and O–H groups in total. The fourth-order valence-corrected chi connectivity index (χ4v) is 4.73. The summed E-state index contributed by atoms with van der Waals surface area (Å²) in [6, 6.07) is 0.661. The summed E-state index contributed by atoms with van der Waals surface area (Å²) in [4.78, 5) is 2.66. The second-order valence-corrected chi connectivity index (χ2v) is 8.04. The summed E-state index contributed by atoms with van der Waals surface area (Å²) in [6.45, 7) is 13.7. The maximum absolute atomic E-state index is 5.72. The van der Waals surface area contributed by atoms with E-state index < -0.39 is 0 Å². The largest absolute Gasteiger partial charge is 0.381 e. The fraction of sp³-hybridized carbons (Fsp3) is 1.00. The molecule has 0 saturated carbocycles. The molecule has 0 aromatic heterocycles. The minimum atomic E-state index is 0.661. The lowest BCUT2D eigenvalue weighted by Gasteiger charge is -2.40. The molecule has 2 aliphatic heterocycles.